The van der Waals surface area contributed by atoms with Crippen molar-refractivity contribution in [2.75, 3.05) is 0 Å². The molecular formula is C11H10N4O2. The van der Waals surface area contributed by atoms with E-state index in [1.54, 1.807) is 12.4 Å². The van der Waals surface area contributed by atoms with E-state index in [9.17, 15) is 9.59 Å². The molecule has 0 spiro atoms. The number of rotatable bonds is 2. The molecule has 6 nitrogen and oxygen atoms in total. The van der Waals surface area contributed by atoms with Crippen molar-refractivity contribution < 1.29 is 4.79 Å². The zero-order valence-corrected chi connectivity index (χ0v) is 9.15. The number of carbonyl (C=O) groups excluding carboxylic acids is 1. The van der Waals surface area contributed by atoms with E-state index in [0.717, 1.165) is 5.39 Å². The molecule has 0 fully saturated rings. The van der Waals surface area contributed by atoms with Gasteiger partial charge in [-0.05, 0) is 13.0 Å². The van der Waals surface area contributed by atoms with E-state index in [-0.39, 0.29) is 18.0 Å². The summed E-state index contributed by atoms with van der Waals surface area (Å²) in [6.45, 7) is 1.52. The lowest BCUT2D eigenvalue weighted by molar-refractivity contribution is -0.117. The third-order valence-corrected chi connectivity index (χ3v) is 2.72. The van der Waals surface area contributed by atoms with Crippen molar-refractivity contribution in [3.8, 4) is 0 Å². The molecule has 86 valence electrons. The van der Waals surface area contributed by atoms with Crippen molar-refractivity contribution in [3.05, 3.63) is 28.9 Å². The topological polar surface area (TPSA) is 83.5 Å². The summed E-state index contributed by atoms with van der Waals surface area (Å²) >= 11 is 0. The first-order valence-electron chi connectivity index (χ1n) is 5.21. The molecule has 0 aliphatic heterocycles. The number of hydrogen-bond donors (Lipinski definition) is 2. The van der Waals surface area contributed by atoms with Gasteiger partial charge in [0, 0.05) is 11.6 Å². The number of imidazole rings is 1. The summed E-state index contributed by atoms with van der Waals surface area (Å²) in [5, 5.41) is 0.849. The summed E-state index contributed by atoms with van der Waals surface area (Å²) in [6, 6.07) is 1.85. The standard InChI is InChI=1S/C11H10N4O2/c1-6(16)5-15-8-4-13-10-7(2-3-12-10)9(8)14-11(15)17/h2-4H,5H2,1H3,(H,12,13)(H,14,17). The number of hydrogen-bond acceptors (Lipinski definition) is 3. The summed E-state index contributed by atoms with van der Waals surface area (Å²) in [4.78, 5) is 32.8. The highest BCUT2D eigenvalue weighted by Gasteiger charge is 2.11. The smallest absolute Gasteiger partial charge is 0.326 e. The fourth-order valence-electron chi connectivity index (χ4n) is 2.00. The van der Waals surface area contributed by atoms with Crippen molar-refractivity contribution in [1.29, 1.82) is 0 Å². The molecular weight excluding hydrogens is 220 g/mol. The van der Waals surface area contributed by atoms with Crippen LogP contribution in [-0.4, -0.2) is 25.3 Å². The zero-order valence-electron chi connectivity index (χ0n) is 9.15. The van der Waals surface area contributed by atoms with E-state index in [4.69, 9.17) is 0 Å². The highest BCUT2D eigenvalue weighted by molar-refractivity contribution is 6.00. The van der Waals surface area contributed by atoms with Crippen LogP contribution >= 0.6 is 0 Å². The van der Waals surface area contributed by atoms with Crippen LogP contribution in [0.5, 0.6) is 0 Å². The molecule has 0 amide bonds. The van der Waals surface area contributed by atoms with Gasteiger partial charge in [-0.2, -0.15) is 0 Å². The van der Waals surface area contributed by atoms with Crippen LogP contribution in [-0.2, 0) is 11.3 Å². The highest BCUT2D eigenvalue weighted by Crippen LogP contribution is 2.19. The average molecular weight is 230 g/mol. The fraction of sp³-hybridized carbons (Fsp3) is 0.182. The molecule has 3 aromatic heterocycles. The van der Waals surface area contributed by atoms with E-state index in [1.165, 1.54) is 11.5 Å². The van der Waals surface area contributed by atoms with Crippen LogP contribution in [0.4, 0.5) is 0 Å². The van der Waals surface area contributed by atoms with Gasteiger partial charge in [-0.3, -0.25) is 9.36 Å². The molecule has 3 aromatic rings. The fourth-order valence-corrected chi connectivity index (χ4v) is 2.00. The summed E-state index contributed by atoms with van der Waals surface area (Å²) in [5.41, 5.74) is 1.79. The Hall–Kier alpha value is -2.37. The molecule has 3 heterocycles. The zero-order chi connectivity index (χ0) is 12.0. The minimum absolute atomic E-state index is 0.0659. The predicted molar refractivity (Wildman–Crippen MR) is 62.9 cm³/mol. The molecule has 0 radical (unpaired) electrons. The molecule has 17 heavy (non-hydrogen) atoms. The number of pyridine rings is 1. The minimum atomic E-state index is -0.286. The van der Waals surface area contributed by atoms with Gasteiger partial charge in [-0.1, -0.05) is 0 Å². The Kier molecular flexibility index (Phi) is 1.91. The molecule has 0 unspecified atom stereocenters. The van der Waals surface area contributed by atoms with Crippen LogP contribution in [0.2, 0.25) is 0 Å². The second kappa shape index (κ2) is 3.31. The van der Waals surface area contributed by atoms with Crippen LogP contribution in [0, 0.1) is 0 Å². The van der Waals surface area contributed by atoms with Crippen LogP contribution in [0.15, 0.2) is 23.3 Å². The second-order valence-electron chi connectivity index (χ2n) is 3.98. The molecule has 2 N–H and O–H groups in total. The molecule has 0 saturated heterocycles. The van der Waals surface area contributed by atoms with Gasteiger partial charge in [0.2, 0.25) is 0 Å². The number of nitrogens with one attached hydrogen (secondary N) is 2. The Morgan fingerprint density at radius 3 is 3.12 bits per heavy atom. The lowest BCUT2D eigenvalue weighted by Gasteiger charge is -1.98. The van der Waals surface area contributed by atoms with Gasteiger partial charge >= 0.3 is 5.69 Å². The average Bonchev–Trinajstić information content (AvgIpc) is 2.83. The highest BCUT2D eigenvalue weighted by atomic mass is 16.2. The maximum atomic E-state index is 11.8. The lowest BCUT2D eigenvalue weighted by Crippen LogP contribution is -2.20. The van der Waals surface area contributed by atoms with Crippen molar-refractivity contribution in [2.24, 2.45) is 0 Å². The van der Waals surface area contributed by atoms with E-state index in [2.05, 4.69) is 15.0 Å². The molecule has 0 aromatic carbocycles. The Bertz CT molecular complexity index is 778. The van der Waals surface area contributed by atoms with Crippen molar-refractivity contribution in [3.63, 3.8) is 0 Å². The quantitative estimate of drug-likeness (QED) is 0.682. The van der Waals surface area contributed by atoms with Crippen LogP contribution in [0.25, 0.3) is 22.1 Å². The first kappa shape index (κ1) is 9.83. The molecule has 0 aliphatic rings. The Morgan fingerprint density at radius 1 is 1.53 bits per heavy atom. The van der Waals surface area contributed by atoms with Crippen molar-refractivity contribution >= 4 is 27.9 Å². The summed E-state index contributed by atoms with van der Waals surface area (Å²) in [6.07, 6.45) is 3.35. The van der Waals surface area contributed by atoms with E-state index in [1.807, 2.05) is 6.07 Å². The second-order valence-corrected chi connectivity index (χ2v) is 3.98. The Labute approximate surface area is 95.3 Å². The number of Topliss-reactive ketones (excluding diaryl/α,β-unsaturated/α-hetero) is 1. The van der Waals surface area contributed by atoms with E-state index >= 15 is 0 Å². The number of fused-ring (bicyclic) bond motifs is 3. The predicted octanol–water partition coefficient (Wildman–Crippen LogP) is 0.795. The largest absolute Gasteiger partial charge is 0.346 e. The summed E-state index contributed by atoms with van der Waals surface area (Å²) in [5.74, 6) is -0.0674. The number of aromatic amines is 2. The summed E-state index contributed by atoms with van der Waals surface area (Å²) < 4.78 is 1.40. The molecule has 0 atom stereocenters. The normalized spacial score (nSPS) is 11.4. The monoisotopic (exact) mass is 230 g/mol. The summed E-state index contributed by atoms with van der Waals surface area (Å²) in [7, 11) is 0. The van der Waals surface area contributed by atoms with Gasteiger partial charge in [0.15, 0.2) is 0 Å². The van der Waals surface area contributed by atoms with Crippen molar-refractivity contribution in [1.82, 2.24) is 19.5 Å². The van der Waals surface area contributed by atoms with Crippen molar-refractivity contribution in [2.45, 2.75) is 13.5 Å². The lowest BCUT2D eigenvalue weighted by atomic mass is 10.3. The Morgan fingerprint density at radius 2 is 2.35 bits per heavy atom. The number of nitrogens with zero attached hydrogens (tertiary/aromatic N) is 2. The Balaban J connectivity index is 2.40. The van der Waals surface area contributed by atoms with Gasteiger partial charge in [0.25, 0.3) is 0 Å². The number of aromatic nitrogens is 4. The van der Waals surface area contributed by atoms with E-state index < -0.39 is 0 Å². The minimum Gasteiger partial charge on any atom is -0.346 e. The van der Waals surface area contributed by atoms with Gasteiger partial charge in [-0.15, -0.1) is 0 Å². The third kappa shape index (κ3) is 1.37. The maximum absolute atomic E-state index is 11.8. The number of carbonyl (C=O) groups is 1. The first-order valence-corrected chi connectivity index (χ1v) is 5.21. The van der Waals surface area contributed by atoms with Gasteiger partial charge in [0.05, 0.1) is 23.8 Å². The molecule has 0 saturated carbocycles. The van der Waals surface area contributed by atoms with Crippen LogP contribution < -0.4 is 5.69 Å². The van der Waals surface area contributed by atoms with Gasteiger partial charge < -0.3 is 9.97 Å². The number of ketones is 1. The molecule has 3 rings (SSSR count). The molecule has 0 aliphatic carbocycles. The van der Waals surface area contributed by atoms with Crippen LogP contribution in [0.3, 0.4) is 0 Å². The van der Waals surface area contributed by atoms with Gasteiger partial charge in [-0.25, -0.2) is 9.78 Å². The van der Waals surface area contributed by atoms with E-state index in [0.29, 0.717) is 16.7 Å². The maximum Gasteiger partial charge on any atom is 0.326 e. The SMILES string of the molecule is CC(=O)Cn1c(=O)[nH]c2c3cc[nH]c3ncc21. The first-order chi connectivity index (χ1) is 8.16. The number of H-pyrrole nitrogens is 2. The third-order valence-electron chi connectivity index (χ3n) is 2.72. The molecule has 6 heteroatoms. The molecule has 0 bridgehead atoms. The van der Waals surface area contributed by atoms with Gasteiger partial charge in [0.1, 0.15) is 11.4 Å². The van der Waals surface area contributed by atoms with Crippen LogP contribution in [0.1, 0.15) is 6.92 Å².